The number of hydrogen-bond donors (Lipinski definition) is 3. The van der Waals surface area contributed by atoms with Gasteiger partial charge in [0.25, 0.3) is 0 Å². The lowest BCUT2D eigenvalue weighted by Gasteiger charge is -2.05. The molecule has 4 N–H and O–H groups in total. The smallest absolute Gasteiger partial charge is 0.181 e. The van der Waals surface area contributed by atoms with Crippen molar-refractivity contribution >= 4 is 0 Å². The largest absolute Gasteiger partial charge is 0.348 e. The van der Waals surface area contributed by atoms with Crippen LogP contribution in [0.2, 0.25) is 0 Å². The van der Waals surface area contributed by atoms with E-state index in [0.29, 0.717) is 18.1 Å². The molecule has 0 fully saturated rings. The quantitative estimate of drug-likeness (QED) is 0.656. The first-order valence-corrected chi connectivity index (χ1v) is 6.03. The molecule has 0 aliphatic rings. The molecule has 0 amide bonds. The molecule has 1 atom stereocenters. The molecular formula is C13H14N6. The van der Waals surface area contributed by atoms with Crippen LogP contribution in [0.25, 0.3) is 11.4 Å². The van der Waals surface area contributed by atoms with Crippen molar-refractivity contribution in [2.75, 3.05) is 0 Å². The minimum absolute atomic E-state index is 0.231. The van der Waals surface area contributed by atoms with Crippen molar-refractivity contribution in [1.82, 2.24) is 25.1 Å². The molecule has 19 heavy (non-hydrogen) atoms. The van der Waals surface area contributed by atoms with E-state index in [0.717, 1.165) is 11.3 Å². The van der Waals surface area contributed by atoms with E-state index in [1.165, 1.54) is 0 Å². The van der Waals surface area contributed by atoms with Gasteiger partial charge < -0.3 is 10.7 Å². The van der Waals surface area contributed by atoms with Crippen LogP contribution in [0.1, 0.15) is 17.6 Å². The Morgan fingerprint density at radius 3 is 2.79 bits per heavy atom. The van der Waals surface area contributed by atoms with Gasteiger partial charge in [0.2, 0.25) is 0 Å². The normalized spacial score (nSPS) is 12.5. The van der Waals surface area contributed by atoms with Gasteiger partial charge in [-0.05, 0) is 0 Å². The number of H-pyrrole nitrogens is 2. The molecule has 6 nitrogen and oxygen atoms in total. The number of rotatable bonds is 4. The number of benzene rings is 1. The van der Waals surface area contributed by atoms with Crippen LogP contribution in [0, 0.1) is 0 Å². The molecule has 1 aromatic carbocycles. The van der Waals surface area contributed by atoms with Crippen LogP contribution in [0.5, 0.6) is 0 Å². The number of nitrogens with one attached hydrogen (secondary N) is 2. The fraction of sp³-hybridized carbons (Fsp3) is 0.154. The summed E-state index contributed by atoms with van der Waals surface area (Å²) in [6, 6.07) is 9.57. The maximum Gasteiger partial charge on any atom is 0.181 e. The molecule has 96 valence electrons. The topological polar surface area (TPSA) is 96.3 Å². The van der Waals surface area contributed by atoms with Gasteiger partial charge in [0.1, 0.15) is 5.82 Å². The Morgan fingerprint density at radius 1 is 1.21 bits per heavy atom. The summed E-state index contributed by atoms with van der Waals surface area (Å²) in [7, 11) is 0. The summed E-state index contributed by atoms with van der Waals surface area (Å²) in [5.74, 6) is 1.34. The molecule has 0 radical (unpaired) electrons. The van der Waals surface area contributed by atoms with E-state index in [2.05, 4.69) is 25.1 Å². The van der Waals surface area contributed by atoms with Gasteiger partial charge in [-0.3, -0.25) is 5.10 Å². The van der Waals surface area contributed by atoms with Crippen LogP contribution in [0.4, 0.5) is 0 Å². The first kappa shape index (κ1) is 11.6. The highest BCUT2D eigenvalue weighted by Crippen LogP contribution is 2.16. The van der Waals surface area contributed by atoms with Gasteiger partial charge in [-0.1, -0.05) is 30.3 Å². The van der Waals surface area contributed by atoms with Crippen LogP contribution >= 0.6 is 0 Å². The zero-order valence-electron chi connectivity index (χ0n) is 10.2. The number of aromatic nitrogens is 5. The molecule has 3 rings (SSSR count). The Labute approximate surface area is 110 Å². The van der Waals surface area contributed by atoms with Crippen LogP contribution in [-0.2, 0) is 6.42 Å². The number of hydrogen-bond acceptors (Lipinski definition) is 4. The zero-order valence-corrected chi connectivity index (χ0v) is 10.2. The molecule has 2 aromatic heterocycles. The van der Waals surface area contributed by atoms with Crippen molar-refractivity contribution in [3.63, 3.8) is 0 Å². The highest BCUT2D eigenvalue weighted by Gasteiger charge is 2.13. The third-order valence-corrected chi connectivity index (χ3v) is 2.88. The van der Waals surface area contributed by atoms with E-state index in [1.807, 2.05) is 30.3 Å². The van der Waals surface area contributed by atoms with Crippen LogP contribution < -0.4 is 5.73 Å². The molecule has 0 unspecified atom stereocenters. The third kappa shape index (κ3) is 2.53. The Morgan fingerprint density at radius 2 is 2.05 bits per heavy atom. The highest BCUT2D eigenvalue weighted by atomic mass is 15.2. The minimum Gasteiger partial charge on any atom is -0.348 e. The van der Waals surface area contributed by atoms with Crippen molar-refractivity contribution < 1.29 is 0 Å². The van der Waals surface area contributed by atoms with Gasteiger partial charge in [0.05, 0.1) is 12.4 Å². The summed E-state index contributed by atoms with van der Waals surface area (Å²) in [5, 5.41) is 7.09. The van der Waals surface area contributed by atoms with Gasteiger partial charge in [-0.2, -0.15) is 5.10 Å². The standard InChI is InChI=1S/C13H14N6/c14-11(6-10-7-15-8-16-10)13-17-12(18-19-13)9-4-2-1-3-5-9/h1-5,7-8,11H,6,14H2,(H,15,16)(H,17,18,19)/t11-/m1/s1. The van der Waals surface area contributed by atoms with E-state index >= 15 is 0 Å². The van der Waals surface area contributed by atoms with Gasteiger partial charge in [-0.15, -0.1) is 0 Å². The maximum absolute atomic E-state index is 6.10. The molecule has 0 saturated carbocycles. The zero-order chi connectivity index (χ0) is 13.1. The molecule has 0 spiro atoms. The molecule has 0 bridgehead atoms. The van der Waals surface area contributed by atoms with E-state index in [4.69, 9.17) is 5.73 Å². The lowest BCUT2D eigenvalue weighted by atomic mass is 10.1. The first-order valence-electron chi connectivity index (χ1n) is 6.03. The molecule has 2 heterocycles. The summed E-state index contributed by atoms with van der Waals surface area (Å²) in [6.07, 6.45) is 4.04. The minimum atomic E-state index is -0.231. The molecule has 0 saturated heterocycles. The Balaban J connectivity index is 1.78. The summed E-state index contributed by atoms with van der Waals surface area (Å²) in [4.78, 5) is 11.4. The predicted molar refractivity (Wildman–Crippen MR) is 71.0 cm³/mol. The van der Waals surface area contributed by atoms with Gasteiger partial charge in [0.15, 0.2) is 5.82 Å². The highest BCUT2D eigenvalue weighted by molar-refractivity contribution is 5.53. The summed E-state index contributed by atoms with van der Waals surface area (Å²) < 4.78 is 0. The maximum atomic E-state index is 6.10. The Bertz CT molecular complexity index is 628. The van der Waals surface area contributed by atoms with Crippen molar-refractivity contribution in [2.24, 2.45) is 5.73 Å². The molecule has 6 heteroatoms. The average Bonchev–Trinajstić information content (AvgIpc) is 3.10. The molecule has 0 aliphatic heterocycles. The molecule has 0 aliphatic carbocycles. The summed E-state index contributed by atoms with van der Waals surface area (Å²) in [5.41, 5.74) is 8.04. The second kappa shape index (κ2) is 5.03. The van der Waals surface area contributed by atoms with Gasteiger partial charge >= 0.3 is 0 Å². The van der Waals surface area contributed by atoms with Gasteiger partial charge in [0, 0.05) is 23.9 Å². The number of imidazole rings is 1. The average molecular weight is 254 g/mol. The fourth-order valence-corrected chi connectivity index (χ4v) is 1.89. The first-order chi connectivity index (χ1) is 9.33. The van der Waals surface area contributed by atoms with Gasteiger partial charge in [-0.25, -0.2) is 9.97 Å². The van der Waals surface area contributed by atoms with Crippen LogP contribution in [-0.4, -0.2) is 25.1 Å². The molecular weight excluding hydrogens is 240 g/mol. The number of nitrogens with two attached hydrogens (primary N) is 1. The SMILES string of the molecule is N[C@H](Cc1cnc[nH]1)c1nc(-c2ccccc2)n[nH]1. The lowest BCUT2D eigenvalue weighted by molar-refractivity contribution is 0.662. The Kier molecular flexibility index (Phi) is 3.07. The van der Waals surface area contributed by atoms with E-state index in [1.54, 1.807) is 12.5 Å². The van der Waals surface area contributed by atoms with Crippen molar-refractivity contribution in [2.45, 2.75) is 12.5 Å². The van der Waals surface area contributed by atoms with Crippen molar-refractivity contribution in [3.8, 4) is 11.4 Å². The Hall–Kier alpha value is -2.47. The second-order valence-electron chi connectivity index (χ2n) is 4.30. The number of aromatic amines is 2. The third-order valence-electron chi connectivity index (χ3n) is 2.88. The fourth-order valence-electron chi connectivity index (χ4n) is 1.89. The molecule has 3 aromatic rings. The monoisotopic (exact) mass is 254 g/mol. The van der Waals surface area contributed by atoms with Crippen LogP contribution in [0.15, 0.2) is 42.9 Å². The van der Waals surface area contributed by atoms with Crippen molar-refractivity contribution in [1.29, 1.82) is 0 Å². The second-order valence-corrected chi connectivity index (χ2v) is 4.30. The lowest BCUT2D eigenvalue weighted by Crippen LogP contribution is -2.15. The summed E-state index contributed by atoms with van der Waals surface area (Å²) >= 11 is 0. The van der Waals surface area contributed by atoms with E-state index in [-0.39, 0.29) is 6.04 Å². The number of nitrogens with zero attached hydrogens (tertiary/aromatic N) is 3. The summed E-state index contributed by atoms with van der Waals surface area (Å²) in [6.45, 7) is 0. The van der Waals surface area contributed by atoms with E-state index in [9.17, 15) is 0 Å². The predicted octanol–water partition coefficient (Wildman–Crippen LogP) is 1.44. The van der Waals surface area contributed by atoms with E-state index < -0.39 is 0 Å². The van der Waals surface area contributed by atoms with Crippen LogP contribution in [0.3, 0.4) is 0 Å². The van der Waals surface area contributed by atoms with Crippen molar-refractivity contribution in [3.05, 3.63) is 54.4 Å².